The average molecular weight is 302 g/mol. The lowest BCUT2D eigenvalue weighted by molar-refractivity contribution is 0.415. The van der Waals surface area contributed by atoms with E-state index in [0.717, 1.165) is 33.7 Å². The van der Waals surface area contributed by atoms with Gasteiger partial charge in [-0.2, -0.15) is 5.10 Å². The highest BCUT2D eigenvalue weighted by Crippen LogP contribution is 2.27. The second-order valence-electron chi connectivity index (χ2n) is 5.14. The van der Waals surface area contributed by atoms with Crippen LogP contribution in [-0.4, -0.2) is 26.7 Å². The largest absolute Gasteiger partial charge is 0.497 e. The van der Waals surface area contributed by atoms with Crippen LogP contribution in [0, 0.1) is 0 Å². The maximum Gasteiger partial charge on any atom is 0.162 e. The van der Waals surface area contributed by atoms with Crippen LogP contribution in [0.1, 0.15) is 0 Å². The van der Waals surface area contributed by atoms with Crippen molar-refractivity contribution in [2.24, 2.45) is 0 Å². The molecule has 3 aromatic heterocycles. The Morgan fingerprint density at radius 1 is 0.957 bits per heavy atom. The highest BCUT2D eigenvalue weighted by molar-refractivity contribution is 5.78. The summed E-state index contributed by atoms with van der Waals surface area (Å²) < 4.78 is 7.08. The number of methoxy groups -OCH3 is 1. The van der Waals surface area contributed by atoms with Gasteiger partial charge in [-0.1, -0.05) is 12.1 Å². The minimum absolute atomic E-state index is 0.815. The molecule has 0 aliphatic heterocycles. The second kappa shape index (κ2) is 5.53. The van der Waals surface area contributed by atoms with Crippen LogP contribution in [0.2, 0.25) is 0 Å². The molecule has 5 heteroatoms. The zero-order valence-corrected chi connectivity index (χ0v) is 12.5. The van der Waals surface area contributed by atoms with E-state index in [1.165, 1.54) is 0 Å². The molecule has 0 bridgehead atoms. The van der Waals surface area contributed by atoms with Gasteiger partial charge in [-0.15, -0.1) is 0 Å². The van der Waals surface area contributed by atoms with Gasteiger partial charge >= 0.3 is 0 Å². The third-order valence-corrected chi connectivity index (χ3v) is 3.75. The predicted octanol–water partition coefficient (Wildman–Crippen LogP) is 3.47. The van der Waals surface area contributed by atoms with E-state index in [4.69, 9.17) is 4.74 Å². The van der Waals surface area contributed by atoms with Crippen molar-refractivity contribution in [3.8, 4) is 28.0 Å². The van der Waals surface area contributed by atoms with Crippen LogP contribution in [0.25, 0.3) is 27.9 Å². The number of fused-ring (bicyclic) bond motifs is 1. The lowest BCUT2D eigenvalue weighted by Crippen LogP contribution is -1.92. The fraction of sp³-hybridized carbons (Fsp3) is 0.0556. The maximum absolute atomic E-state index is 5.29. The first-order valence-electron chi connectivity index (χ1n) is 7.23. The van der Waals surface area contributed by atoms with Gasteiger partial charge in [0.2, 0.25) is 0 Å². The number of benzene rings is 1. The molecule has 0 spiro atoms. The van der Waals surface area contributed by atoms with E-state index >= 15 is 0 Å². The minimum Gasteiger partial charge on any atom is -0.497 e. The minimum atomic E-state index is 0.815. The summed E-state index contributed by atoms with van der Waals surface area (Å²) in [6, 6.07) is 11.8. The molecular formula is C18H14N4O. The normalized spacial score (nSPS) is 10.8. The molecule has 3 heterocycles. The molecule has 0 aliphatic carbocycles. The van der Waals surface area contributed by atoms with Gasteiger partial charge in [0.25, 0.3) is 0 Å². The van der Waals surface area contributed by atoms with Crippen LogP contribution in [-0.2, 0) is 0 Å². The lowest BCUT2D eigenvalue weighted by atomic mass is 10.1. The Labute approximate surface area is 133 Å². The molecule has 0 unspecified atom stereocenters. The van der Waals surface area contributed by atoms with E-state index in [-0.39, 0.29) is 0 Å². The molecule has 23 heavy (non-hydrogen) atoms. The van der Waals surface area contributed by atoms with E-state index in [2.05, 4.69) is 15.1 Å². The monoisotopic (exact) mass is 302 g/mol. The van der Waals surface area contributed by atoms with Gasteiger partial charge in [-0.3, -0.25) is 4.98 Å². The van der Waals surface area contributed by atoms with Crippen molar-refractivity contribution in [2.45, 2.75) is 0 Å². The molecule has 4 aromatic rings. The number of aromatic nitrogens is 4. The molecule has 0 amide bonds. The number of hydrogen-bond donors (Lipinski definition) is 0. The summed E-state index contributed by atoms with van der Waals surface area (Å²) in [7, 11) is 1.66. The van der Waals surface area contributed by atoms with Crippen molar-refractivity contribution >= 4 is 5.65 Å². The van der Waals surface area contributed by atoms with Gasteiger partial charge in [-0.05, 0) is 35.4 Å². The van der Waals surface area contributed by atoms with Crippen LogP contribution < -0.4 is 4.74 Å². The Kier molecular flexibility index (Phi) is 3.24. The Morgan fingerprint density at radius 3 is 2.65 bits per heavy atom. The topological polar surface area (TPSA) is 52.3 Å². The summed E-state index contributed by atoms with van der Waals surface area (Å²) in [5.41, 5.74) is 4.89. The zero-order chi connectivity index (χ0) is 15.6. The van der Waals surface area contributed by atoms with Crippen LogP contribution in [0.4, 0.5) is 0 Å². The number of nitrogens with zero attached hydrogens (tertiary/aromatic N) is 4. The smallest absolute Gasteiger partial charge is 0.162 e. The molecule has 112 valence electrons. The fourth-order valence-electron chi connectivity index (χ4n) is 2.56. The van der Waals surface area contributed by atoms with Crippen molar-refractivity contribution in [3.05, 3.63) is 67.4 Å². The summed E-state index contributed by atoms with van der Waals surface area (Å²) in [4.78, 5) is 8.63. The molecule has 0 saturated heterocycles. The zero-order valence-electron chi connectivity index (χ0n) is 12.5. The first-order valence-corrected chi connectivity index (χ1v) is 7.23. The maximum atomic E-state index is 5.29. The first kappa shape index (κ1) is 13.5. The highest BCUT2D eigenvalue weighted by atomic mass is 16.5. The third kappa shape index (κ3) is 2.42. The van der Waals surface area contributed by atoms with E-state index < -0.39 is 0 Å². The summed E-state index contributed by atoms with van der Waals surface area (Å²) in [5, 5.41) is 4.43. The molecule has 1 aromatic carbocycles. The summed E-state index contributed by atoms with van der Waals surface area (Å²) >= 11 is 0. The van der Waals surface area contributed by atoms with Gasteiger partial charge in [0.05, 0.1) is 13.3 Å². The molecule has 0 fully saturated rings. The lowest BCUT2D eigenvalue weighted by Gasteiger charge is -2.04. The summed E-state index contributed by atoms with van der Waals surface area (Å²) in [6.45, 7) is 0. The van der Waals surface area contributed by atoms with Gasteiger partial charge in [0.15, 0.2) is 5.65 Å². The van der Waals surface area contributed by atoms with E-state index in [9.17, 15) is 0 Å². The predicted molar refractivity (Wildman–Crippen MR) is 88.2 cm³/mol. The molecular weight excluding hydrogens is 288 g/mol. The first-order chi connectivity index (χ1) is 11.3. The van der Waals surface area contributed by atoms with Crippen LogP contribution >= 0.6 is 0 Å². The van der Waals surface area contributed by atoms with Gasteiger partial charge < -0.3 is 4.74 Å². The standard InChI is InChI=1S/C18H14N4O/c1-23-16-4-2-3-14(9-16)17-11-21-22-12-15(10-20-18(17)22)13-5-7-19-8-6-13/h2-12H,1H3. The van der Waals surface area contributed by atoms with Crippen molar-refractivity contribution in [2.75, 3.05) is 7.11 Å². The van der Waals surface area contributed by atoms with Gasteiger partial charge in [0, 0.05) is 35.9 Å². The van der Waals surface area contributed by atoms with Crippen LogP contribution in [0.15, 0.2) is 67.4 Å². The van der Waals surface area contributed by atoms with Crippen molar-refractivity contribution in [1.29, 1.82) is 0 Å². The molecule has 0 atom stereocenters. The average Bonchev–Trinajstić information content (AvgIpc) is 3.05. The highest BCUT2D eigenvalue weighted by Gasteiger charge is 2.10. The van der Waals surface area contributed by atoms with Gasteiger partial charge in [-0.25, -0.2) is 9.50 Å². The Morgan fingerprint density at radius 2 is 1.83 bits per heavy atom. The third-order valence-electron chi connectivity index (χ3n) is 3.75. The quantitative estimate of drug-likeness (QED) is 0.581. The number of ether oxygens (including phenoxy) is 1. The van der Waals surface area contributed by atoms with Crippen LogP contribution in [0.3, 0.4) is 0 Å². The Balaban J connectivity index is 1.81. The molecule has 0 aliphatic rings. The number of pyridine rings is 1. The molecule has 0 N–H and O–H groups in total. The second-order valence-corrected chi connectivity index (χ2v) is 5.14. The Bertz CT molecular complexity index is 963. The van der Waals surface area contributed by atoms with Crippen LogP contribution in [0.5, 0.6) is 5.75 Å². The summed E-state index contributed by atoms with van der Waals surface area (Å²) in [6.07, 6.45) is 9.19. The molecule has 5 nitrogen and oxygen atoms in total. The van der Waals surface area contributed by atoms with Crippen molar-refractivity contribution in [3.63, 3.8) is 0 Å². The van der Waals surface area contributed by atoms with Crippen molar-refractivity contribution < 1.29 is 4.74 Å². The van der Waals surface area contributed by atoms with E-state index in [1.54, 1.807) is 24.0 Å². The summed E-state index contributed by atoms with van der Waals surface area (Å²) in [5.74, 6) is 0.815. The van der Waals surface area contributed by atoms with E-state index in [1.807, 2.05) is 55.0 Å². The number of rotatable bonds is 3. The molecule has 0 saturated carbocycles. The SMILES string of the molecule is COc1cccc(-c2cnn3cc(-c4ccncc4)cnc23)c1. The van der Waals surface area contributed by atoms with Crippen molar-refractivity contribution in [1.82, 2.24) is 19.6 Å². The molecule has 4 rings (SSSR count). The Hall–Kier alpha value is -3.21. The molecule has 0 radical (unpaired) electrons. The fourth-order valence-corrected chi connectivity index (χ4v) is 2.56. The number of hydrogen-bond acceptors (Lipinski definition) is 4. The van der Waals surface area contributed by atoms with E-state index in [0.29, 0.717) is 0 Å². The van der Waals surface area contributed by atoms with Gasteiger partial charge in [0.1, 0.15) is 5.75 Å².